The van der Waals surface area contributed by atoms with E-state index in [0.717, 1.165) is 12.5 Å². The van der Waals surface area contributed by atoms with Gasteiger partial charge in [0.1, 0.15) is 0 Å². The lowest BCUT2D eigenvalue weighted by Crippen LogP contribution is -2.21. The summed E-state index contributed by atoms with van der Waals surface area (Å²) in [6.07, 6.45) is 7.57. The van der Waals surface area contributed by atoms with Crippen molar-refractivity contribution < 1.29 is 0 Å². The number of hydrogen-bond acceptors (Lipinski definition) is 2. The maximum absolute atomic E-state index is 4.07. The van der Waals surface area contributed by atoms with Crippen LogP contribution in [0.3, 0.4) is 0 Å². The van der Waals surface area contributed by atoms with Gasteiger partial charge in [0, 0.05) is 18.4 Å². The molecule has 0 radical (unpaired) electrons. The van der Waals surface area contributed by atoms with E-state index in [4.69, 9.17) is 0 Å². The third-order valence-corrected chi connectivity index (χ3v) is 2.83. The van der Waals surface area contributed by atoms with Gasteiger partial charge in [-0.3, -0.25) is 4.98 Å². The smallest absolute Gasteiger partial charge is 0.0321 e. The lowest BCUT2D eigenvalue weighted by atomic mass is 9.99. The molecular weight excluding hydrogens is 196 g/mol. The molecule has 1 aromatic rings. The van der Waals surface area contributed by atoms with E-state index >= 15 is 0 Å². The maximum Gasteiger partial charge on any atom is 0.0321 e. The first-order valence-electron chi connectivity index (χ1n) is 6.37. The first-order chi connectivity index (χ1) is 7.74. The van der Waals surface area contributed by atoms with Gasteiger partial charge >= 0.3 is 0 Å². The highest BCUT2D eigenvalue weighted by molar-refractivity contribution is 5.14. The summed E-state index contributed by atoms with van der Waals surface area (Å²) in [5.41, 5.74) is 1.36. The van der Waals surface area contributed by atoms with Crippen molar-refractivity contribution in [2.24, 2.45) is 5.92 Å². The van der Waals surface area contributed by atoms with Crippen molar-refractivity contribution in [3.8, 4) is 0 Å². The van der Waals surface area contributed by atoms with Crippen LogP contribution in [0, 0.1) is 5.92 Å². The monoisotopic (exact) mass is 220 g/mol. The SMILES string of the molecule is CCNC(CCCC(C)C)c1ccncc1. The highest BCUT2D eigenvalue weighted by atomic mass is 14.9. The minimum absolute atomic E-state index is 0.492. The van der Waals surface area contributed by atoms with Gasteiger partial charge < -0.3 is 5.32 Å². The van der Waals surface area contributed by atoms with Gasteiger partial charge in [0.2, 0.25) is 0 Å². The molecule has 0 saturated carbocycles. The Bertz CT molecular complexity index is 269. The van der Waals surface area contributed by atoms with Gasteiger partial charge in [-0.1, -0.05) is 33.6 Å². The average molecular weight is 220 g/mol. The van der Waals surface area contributed by atoms with E-state index in [1.54, 1.807) is 0 Å². The van der Waals surface area contributed by atoms with Gasteiger partial charge in [0.05, 0.1) is 0 Å². The van der Waals surface area contributed by atoms with Crippen LogP contribution in [-0.4, -0.2) is 11.5 Å². The van der Waals surface area contributed by atoms with Crippen molar-refractivity contribution in [3.05, 3.63) is 30.1 Å². The lowest BCUT2D eigenvalue weighted by Gasteiger charge is -2.18. The fraction of sp³-hybridized carbons (Fsp3) is 0.643. The normalized spacial score (nSPS) is 13.0. The second kappa shape index (κ2) is 7.39. The topological polar surface area (TPSA) is 24.9 Å². The lowest BCUT2D eigenvalue weighted by molar-refractivity contribution is 0.455. The molecule has 1 rings (SSSR count). The van der Waals surface area contributed by atoms with Gasteiger partial charge in [0.15, 0.2) is 0 Å². The molecule has 1 N–H and O–H groups in total. The summed E-state index contributed by atoms with van der Waals surface area (Å²) in [7, 11) is 0. The van der Waals surface area contributed by atoms with E-state index in [-0.39, 0.29) is 0 Å². The summed E-state index contributed by atoms with van der Waals surface area (Å²) in [5.74, 6) is 0.805. The van der Waals surface area contributed by atoms with Gasteiger partial charge in [-0.2, -0.15) is 0 Å². The molecule has 0 saturated heterocycles. The van der Waals surface area contributed by atoms with E-state index < -0.39 is 0 Å². The number of hydrogen-bond donors (Lipinski definition) is 1. The predicted octanol–water partition coefficient (Wildman–Crippen LogP) is 3.56. The standard InChI is InChI=1S/C14H24N2/c1-4-16-14(7-5-6-12(2)3)13-8-10-15-11-9-13/h8-12,14,16H,4-7H2,1-3H3. The first-order valence-corrected chi connectivity index (χ1v) is 6.37. The summed E-state index contributed by atoms with van der Waals surface area (Å²) in [4.78, 5) is 4.07. The molecule has 0 fully saturated rings. The summed E-state index contributed by atoms with van der Waals surface area (Å²) in [5, 5.41) is 3.54. The Balaban J connectivity index is 2.48. The molecule has 0 bridgehead atoms. The molecule has 2 heteroatoms. The summed E-state index contributed by atoms with van der Waals surface area (Å²) >= 11 is 0. The van der Waals surface area contributed by atoms with Crippen molar-refractivity contribution in [1.29, 1.82) is 0 Å². The van der Waals surface area contributed by atoms with Gasteiger partial charge in [-0.05, 0) is 36.6 Å². The number of aromatic nitrogens is 1. The average Bonchev–Trinajstić information content (AvgIpc) is 2.29. The van der Waals surface area contributed by atoms with Gasteiger partial charge in [-0.25, -0.2) is 0 Å². The van der Waals surface area contributed by atoms with Crippen LogP contribution in [-0.2, 0) is 0 Å². The van der Waals surface area contributed by atoms with E-state index in [1.165, 1.54) is 24.8 Å². The maximum atomic E-state index is 4.07. The zero-order valence-corrected chi connectivity index (χ0v) is 10.7. The molecular formula is C14H24N2. The van der Waals surface area contributed by atoms with Crippen molar-refractivity contribution in [2.75, 3.05) is 6.54 Å². The quantitative estimate of drug-likeness (QED) is 0.760. The zero-order valence-electron chi connectivity index (χ0n) is 10.7. The van der Waals surface area contributed by atoms with Crippen LogP contribution in [0.4, 0.5) is 0 Å². The molecule has 90 valence electrons. The summed E-state index contributed by atoms with van der Waals surface area (Å²) < 4.78 is 0. The molecule has 1 atom stereocenters. The molecule has 0 aliphatic heterocycles. The minimum Gasteiger partial charge on any atom is -0.310 e. The molecule has 0 amide bonds. The molecule has 0 aliphatic carbocycles. The molecule has 1 unspecified atom stereocenters. The molecule has 0 aromatic carbocycles. The van der Waals surface area contributed by atoms with Gasteiger partial charge in [0.25, 0.3) is 0 Å². The highest BCUT2D eigenvalue weighted by Crippen LogP contribution is 2.20. The van der Waals surface area contributed by atoms with Crippen LogP contribution >= 0.6 is 0 Å². The van der Waals surface area contributed by atoms with Crippen LogP contribution in [0.25, 0.3) is 0 Å². The fourth-order valence-electron chi connectivity index (χ4n) is 1.96. The Morgan fingerprint density at radius 1 is 1.19 bits per heavy atom. The fourth-order valence-corrected chi connectivity index (χ4v) is 1.96. The number of nitrogens with one attached hydrogen (secondary N) is 1. The van der Waals surface area contributed by atoms with Gasteiger partial charge in [-0.15, -0.1) is 0 Å². The Labute approximate surface area is 99.5 Å². The van der Waals surface area contributed by atoms with Crippen LogP contribution < -0.4 is 5.32 Å². The Morgan fingerprint density at radius 2 is 1.88 bits per heavy atom. The second-order valence-corrected chi connectivity index (χ2v) is 4.72. The summed E-state index contributed by atoms with van der Waals surface area (Å²) in [6.45, 7) is 7.76. The van der Waals surface area contributed by atoms with E-state index in [9.17, 15) is 0 Å². The molecule has 1 aromatic heterocycles. The molecule has 2 nitrogen and oxygen atoms in total. The second-order valence-electron chi connectivity index (χ2n) is 4.72. The molecule has 0 aliphatic rings. The van der Waals surface area contributed by atoms with Crippen molar-refractivity contribution in [2.45, 2.75) is 46.1 Å². The number of pyridine rings is 1. The van der Waals surface area contributed by atoms with Crippen molar-refractivity contribution in [3.63, 3.8) is 0 Å². The molecule has 1 heterocycles. The number of rotatable bonds is 7. The van der Waals surface area contributed by atoms with E-state index in [1.807, 2.05) is 12.4 Å². The first kappa shape index (κ1) is 13.2. The van der Waals surface area contributed by atoms with Crippen LogP contribution in [0.1, 0.15) is 51.6 Å². The Morgan fingerprint density at radius 3 is 2.44 bits per heavy atom. The van der Waals surface area contributed by atoms with Crippen molar-refractivity contribution >= 4 is 0 Å². The van der Waals surface area contributed by atoms with Crippen molar-refractivity contribution in [1.82, 2.24) is 10.3 Å². The third-order valence-electron chi connectivity index (χ3n) is 2.83. The Kier molecular flexibility index (Phi) is 6.09. The molecule has 16 heavy (non-hydrogen) atoms. The minimum atomic E-state index is 0.492. The zero-order chi connectivity index (χ0) is 11.8. The third kappa shape index (κ3) is 4.75. The van der Waals surface area contributed by atoms with Crippen LogP contribution in [0.15, 0.2) is 24.5 Å². The van der Waals surface area contributed by atoms with E-state index in [0.29, 0.717) is 6.04 Å². The van der Waals surface area contributed by atoms with Crippen LogP contribution in [0.2, 0.25) is 0 Å². The largest absolute Gasteiger partial charge is 0.310 e. The number of nitrogens with zero attached hydrogens (tertiary/aromatic N) is 1. The highest BCUT2D eigenvalue weighted by Gasteiger charge is 2.09. The predicted molar refractivity (Wildman–Crippen MR) is 69.3 cm³/mol. The van der Waals surface area contributed by atoms with E-state index in [2.05, 4.69) is 43.2 Å². The molecule has 0 spiro atoms. The summed E-state index contributed by atoms with van der Waals surface area (Å²) in [6, 6.07) is 4.72. The van der Waals surface area contributed by atoms with Crippen LogP contribution in [0.5, 0.6) is 0 Å². The Hall–Kier alpha value is -0.890.